The lowest BCUT2D eigenvalue weighted by molar-refractivity contribution is 0.407. The zero-order valence-corrected chi connectivity index (χ0v) is 15.9. The van der Waals surface area contributed by atoms with Crippen molar-refractivity contribution in [2.75, 3.05) is 11.4 Å². The van der Waals surface area contributed by atoms with E-state index in [0.29, 0.717) is 11.3 Å². The number of hydrogen-bond acceptors (Lipinski definition) is 3. The molecule has 4 nitrogen and oxygen atoms in total. The lowest BCUT2D eigenvalue weighted by Crippen LogP contribution is -2.34. The third-order valence-corrected chi connectivity index (χ3v) is 6.22. The predicted octanol–water partition coefficient (Wildman–Crippen LogP) is 4.79. The molecular weight excluding hydrogens is 365 g/mol. The molecule has 3 aromatic rings. The third kappa shape index (κ3) is 3.80. The van der Waals surface area contributed by atoms with E-state index < -0.39 is 21.9 Å². The Bertz CT molecular complexity index is 1020. The molecule has 0 saturated carbocycles. The number of halogens is 1. The van der Waals surface area contributed by atoms with Crippen LogP contribution in [0.2, 0.25) is 0 Å². The Hall–Kier alpha value is -2.86. The van der Waals surface area contributed by atoms with E-state index in [9.17, 15) is 12.8 Å². The van der Waals surface area contributed by atoms with Crippen LogP contribution in [0.4, 0.5) is 10.1 Å². The van der Waals surface area contributed by atoms with Gasteiger partial charge in [-0.2, -0.15) is 0 Å². The minimum absolute atomic E-state index is 0.135. The van der Waals surface area contributed by atoms with Gasteiger partial charge in [-0.15, -0.1) is 0 Å². The predicted molar refractivity (Wildman–Crippen MR) is 104 cm³/mol. The van der Waals surface area contributed by atoms with Crippen molar-refractivity contribution < 1.29 is 17.5 Å². The van der Waals surface area contributed by atoms with Gasteiger partial charge in [0, 0.05) is 5.56 Å². The van der Waals surface area contributed by atoms with Gasteiger partial charge >= 0.3 is 0 Å². The normalized spacial score (nSPS) is 12.4. The first-order valence-electron chi connectivity index (χ1n) is 8.43. The van der Waals surface area contributed by atoms with E-state index in [-0.39, 0.29) is 10.6 Å². The Morgan fingerprint density at radius 1 is 0.926 bits per heavy atom. The quantitative estimate of drug-likeness (QED) is 0.613. The lowest BCUT2D eigenvalue weighted by atomic mass is 10.1. The summed E-state index contributed by atoms with van der Waals surface area (Å²) in [5, 5.41) is 0. The van der Waals surface area contributed by atoms with Crippen molar-refractivity contribution in [3.63, 3.8) is 0 Å². The summed E-state index contributed by atoms with van der Waals surface area (Å²) in [4.78, 5) is 0.135. The first-order valence-corrected chi connectivity index (χ1v) is 9.87. The molecule has 3 rings (SSSR count). The number of sulfonamides is 1. The van der Waals surface area contributed by atoms with Crippen molar-refractivity contribution in [3.05, 3.63) is 90.2 Å². The number of anilines is 1. The van der Waals surface area contributed by atoms with Crippen LogP contribution < -0.4 is 9.04 Å². The topological polar surface area (TPSA) is 46.6 Å². The molecule has 6 heteroatoms. The largest absolute Gasteiger partial charge is 0.496 e. The summed E-state index contributed by atoms with van der Waals surface area (Å²) in [5.41, 5.74) is 0.932. The summed E-state index contributed by atoms with van der Waals surface area (Å²) in [6.45, 7) is 1.75. The molecule has 0 aliphatic heterocycles. The molecule has 0 amide bonds. The van der Waals surface area contributed by atoms with Gasteiger partial charge in [0.05, 0.1) is 23.7 Å². The second-order valence-corrected chi connectivity index (χ2v) is 7.83. The summed E-state index contributed by atoms with van der Waals surface area (Å²) in [6.07, 6.45) is 0. The summed E-state index contributed by atoms with van der Waals surface area (Å²) < 4.78 is 47.4. The monoisotopic (exact) mass is 385 g/mol. The van der Waals surface area contributed by atoms with Crippen molar-refractivity contribution in [2.24, 2.45) is 0 Å². The van der Waals surface area contributed by atoms with Crippen molar-refractivity contribution >= 4 is 15.7 Å². The minimum Gasteiger partial charge on any atom is -0.496 e. The molecule has 0 bridgehead atoms. The number of para-hydroxylation sites is 1. The van der Waals surface area contributed by atoms with Crippen LogP contribution in [0.15, 0.2) is 83.8 Å². The van der Waals surface area contributed by atoms with E-state index in [1.807, 2.05) is 12.1 Å². The van der Waals surface area contributed by atoms with Gasteiger partial charge in [-0.3, -0.25) is 4.31 Å². The molecule has 0 aromatic heterocycles. The number of methoxy groups -OCH3 is 1. The van der Waals surface area contributed by atoms with Crippen molar-refractivity contribution in [1.82, 2.24) is 0 Å². The Labute approximate surface area is 158 Å². The van der Waals surface area contributed by atoms with Gasteiger partial charge in [0.1, 0.15) is 11.6 Å². The molecule has 3 aromatic carbocycles. The standard InChI is InChI=1S/C21H20FNO3S/c1-16(20-13-6-7-14-21(20)26-2)23(18-10-8-9-17(22)15-18)27(24,25)19-11-4-3-5-12-19/h3-16H,1-2H3/t16-/m1/s1. The Morgan fingerprint density at radius 3 is 2.26 bits per heavy atom. The van der Waals surface area contributed by atoms with E-state index in [0.717, 1.165) is 0 Å². The molecule has 140 valence electrons. The summed E-state index contributed by atoms with van der Waals surface area (Å²) in [7, 11) is -2.40. The number of ether oxygens (including phenoxy) is 1. The molecule has 0 fully saturated rings. The number of benzene rings is 3. The van der Waals surface area contributed by atoms with Crippen LogP contribution in [-0.2, 0) is 10.0 Å². The average molecular weight is 385 g/mol. The second kappa shape index (κ2) is 7.80. The van der Waals surface area contributed by atoms with E-state index in [1.165, 1.54) is 41.7 Å². The maximum absolute atomic E-state index is 13.9. The van der Waals surface area contributed by atoms with E-state index in [2.05, 4.69) is 0 Å². The molecule has 0 aliphatic carbocycles. The van der Waals surface area contributed by atoms with Gasteiger partial charge in [-0.25, -0.2) is 12.8 Å². The first kappa shape index (κ1) is 18.9. The highest BCUT2D eigenvalue weighted by Gasteiger charge is 2.31. The van der Waals surface area contributed by atoms with Crippen molar-refractivity contribution in [2.45, 2.75) is 17.9 Å². The highest BCUT2D eigenvalue weighted by Crippen LogP contribution is 2.36. The maximum atomic E-state index is 13.9. The van der Waals surface area contributed by atoms with Crippen molar-refractivity contribution in [1.29, 1.82) is 0 Å². The zero-order chi connectivity index (χ0) is 19.4. The molecule has 1 atom stereocenters. The number of hydrogen-bond donors (Lipinski definition) is 0. The molecule has 0 heterocycles. The summed E-state index contributed by atoms with van der Waals surface area (Å²) >= 11 is 0. The fraction of sp³-hybridized carbons (Fsp3) is 0.143. The summed E-state index contributed by atoms with van der Waals surface area (Å²) in [6, 6.07) is 20.3. The van der Waals surface area contributed by atoms with Gasteiger partial charge in [0.2, 0.25) is 0 Å². The van der Waals surface area contributed by atoms with Crippen LogP contribution in [0.25, 0.3) is 0 Å². The zero-order valence-electron chi connectivity index (χ0n) is 15.0. The first-order chi connectivity index (χ1) is 12.9. The van der Waals surface area contributed by atoms with Crippen molar-refractivity contribution in [3.8, 4) is 5.75 Å². The minimum atomic E-state index is -3.93. The molecule has 0 radical (unpaired) electrons. The Kier molecular flexibility index (Phi) is 5.46. The fourth-order valence-electron chi connectivity index (χ4n) is 3.03. The Balaban J connectivity index is 2.19. The molecule has 0 N–H and O–H groups in total. The third-order valence-electron chi connectivity index (χ3n) is 4.30. The van der Waals surface area contributed by atoms with Gasteiger partial charge in [0.15, 0.2) is 0 Å². The van der Waals surface area contributed by atoms with Gasteiger partial charge < -0.3 is 4.74 Å². The lowest BCUT2D eigenvalue weighted by Gasteiger charge is -2.31. The van der Waals surface area contributed by atoms with Crippen LogP contribution >= 0.6 is 0 Å². The van der Waals surface area contributed by atoms with Crippen LogP contribution in [0.1, 0.15) is 18.5 Å². The second-order valence-electron chi connectivity index (χ2n) is 6.01. The molecule has 0 aliphatic rings. The van der Waals surface area contributed by atoms with E-state index in [4.69, 9.17) is 4.74 Å². The Morgan fingerprint density at radius 2 is 1.59 bits per heavy atom. The average Bonchev–Trinajstić information content (AvgIpc) is 2.68. The molecular formula is C21H20FNO3S. The highest BCUT2D eigenvalue weighted by atomic mass is 32.2. The highest BCUT2D eigenvalue weighted by molar-refractivity contribution is 7.92. The SMILES string of the molecule is COc1ccccc1[C@@H](C)N(c1cccc(F)c1)S(=O)(=O)c1ccccc1. The van der Waals surface area contributed by atoms with Gasteiger partial charge in [-0.1, -0.05) is 42.5 Å². The van der Waals surface area contributed by atoms with E-state index >= 15 is 0 Å². The molecule has 0 saturated heterocycles. The fourth-order valence-corrected chi connectivity index (χ4v) is 4.68. The van der Waals surface area contributed by atoms with Gasteiger partial charge in [-0.05, 0) is 43.3 Å². The maximum Gasteiger partial charge on any atom is 0.264 e. The van der Waals surface area contributed by atoms with Gasteiger partial charge in [0.25, 0.3) is 10.0 Å². The summed E-state index contributed by atoms with van der Waals surface area (Å²) in [5.74, 6) is 0.0580. The van der Waals surface area contributed by atoms with Crippen LogP contribution in [0.3, 0.4) is 0 Å². The molecule has 27 heavy (non-hydrogen) atoms. The smallest absolute Gasteiger partial charge is 0.264 e. The number of rotatable bonds is 6. The van der Waals surface area contributed by atoms with E-state index in [1.54, 1.807) is 43.3 Å². The van der Waals surface area contributed by atoms with Crippen LogP contribution in [0.5, 0.6) is 5.75 Å². The van der Waals surface area contributed by atoms with Crippen LogP contribution in [-0.4, -0.2) is 15.5 Å². The number of nitrogens with zero attached hydrogens (tertiary/aromatic N) is 1. The molecule has 0 unspecified atom stereocenters. The van der Waals surface area contributed by atoms with Crippen LogP contribution in [0, 0.1) is 5.82 Å². The molecule has 0 spiro atoms.